The highest BCUT2D eigenvalue weighted by atomic mass is 16.6. The number of rotatable bonds is 53. The van der Waals surface area contributed by atoms with E-state index in [0.717, 1.165) is 141 Å². The fourth-order valence-electron chi connectivity index (χ4n) is 7.28. The lowest BCUT2D eigenvalue weighted by atomic mass is 10.2. The maximum Gasteiger partial charge on any atom is 0.309 e. The third-order valence-corrected chi connectivity index (χ3v) is 11.9. The lowest BCUT2D eigenvalue weighted by Crippen LogP contribution is -2.30. The fourth-order valence-corrected chi connectivity index (χ4v) is 7.28. The van der Waals surface area contributed by atoms with Crippen LogP contribution in [0.5, 0.6) is 0 Å². The average Bonchev–Trinajstić information content (AvgIpc) is 3.49. The molecule has 0 aromatic heterocycles. The van der Waals surface area contributed by atoms with Crippen molar-refractivity contribution in [3.8, 4) is 0 Å². The summed E-state index contributed by atoms with van der Waals surface area (Å²) in [5, 5.41) is 0. The Morgan fingerprint density at radius 3 is 0.771 bits per heavy atom. The molecular formula is C77H110O6. The van der Waals surface area contributed by atoms with Crippen LogP contribution in [-0.4, -0.2) is 37.2 Å². The topological polar surface area (TPSA) is 78.9 Å². The molecule has 454 valence electrons. The number of ether oxygens (including phenoxy) is 3. The van der Waals surface area contributed by atoms with E-state index in [1.807, 2.05) is 6.08 Å². The zero-order valence-corrected chi connectivity index (χ0v) is 51.8. The van der Waals surface area contributed by atoms with E-state index in [2.05, 4.69) is 252 Å². The van der Waals surface area contributed by atoms with Crippen LogP contribution in [0.1, 0.15) is 201 Å². The first-order valence-electron chi connectivity index (χ1n) is 31.5. The monoisotopic (exact) mass is 1130 g/mol. The Morgan fingerprint density at radius 2 is 0.482 bits per heavy atom. The minimum Gasteiger partial charge on any atom is -0.462 e. The van der Waals surface area contributed by atoms with Crippen molar-refractivity contribution in [1.82, 2.24) is 0 Å². The maximum atomic E-state index is 12.9. The van der Waals surface area contributed by atoms with Crippen LogP contribution in [0.25, 0.3) is 0 Å². The zero-order valence-electron chi connectivity index (χ0n) is 51.8. The summed E-state index contributed by atoms with van der Waals surface area (Å²) in [6.07, 6.45) is 109. The molecule has 6 heteroatoms. The number of esters is 3. The number of hydrogen-bond donors (Lipinski definition) is 0. The third-order valence-electron chi connectivity index (χ3n) is 11.9. The molecule has 0 spiro atoms. The molecule has 0 saturated heterocycles. The van der Waals surface area contributed by atoms with Gasteiger partial charge >= 0.3 is 17.9 Å². The molecule has 0 amide bonds. The molecule has 1 unspecified atom stereocenters. The van der Waals surface area contributed by atoms with Crippen LogP contribution in [0.3, 0.4) is 0 Å². The first-order valence-corrected chi connectivity index (χ1v) is 31.5. The van der Waals surface area contributed by atoms with Gasteiger partial charge in [-0.2, -0.15) is 0 Å². The molecule has 0 aliphatic rings. The highest BCUT2D eigenvalue weighted by molar-refractivity contribution is 5.72. The molecule has 0 fully saturated rings. The van der Waals surface area contributed by atoms with Gasteiger partial charge in [-0.1, -0.05) is 264 Å². The number of unbranched alkanes of at least 4 members (excludes halogenated alkanes) is 3. The Kier molecular flexibility index (Phi) is 62.2. The zero-order chi connectivity index (χ0) is 59.9. The van der Waals surface area contributed by atoms with Gasteiger partial charge in [-0.05, 0) is 161 Å². The van der Waals surface area contributed by atoms with Gasteiger partial charge in [0, 0.05) is 12.8 Å². The summed E-state index contributed by atoms with van der Waals surface area (Å²) >= 11 is 0. The van der Waals surface area contributed by atoms with Crippen molar-refractivity contribution in [3.05, 3.63) is 243 Å². The summed E-state index contributed by atoms with van der Waals surface area (Å²) in [4.78, 5) is 38.2. The molecule has 0 radical (unpaired) electrons. The molecule has 0 rings (SSSR count). The van der Waals surface area contributed by atoms with Crippen LogP contribution in [0, 0.1) is 0 Å². The molecule has 0 aliphatic heterocycles. The van der Waals surface area contributed by atoms with E-state index in [0.29, 0.717) is 19.3 Å². The molecule has 1 atom stereocenters. The maximum absolute atomic E-state index is 12.9. The summed E-state index contributed by atoms with van der Waals surface area (Å²) in [6, 6.07) is 0. The van der Waals surface area contributed by atoms with E-state index in [-0.39, 0.29) is 38.4 Å². The first-order chi connectivity index (χ1) is 41.0. The van der Waals surface area contributed by atoms with E-state index in [4.69, 9.17) is 14.2 Å². The summed E-state index contributed by atoms with van der Waals surface area (Å²) < 4.78 is 16.7. The van der Waals surface area contributed by atoms with Crippen molar-refractivity contribution in [2.24, 2.45) is 0 Å². The molecule has 83 heavy (non-hydrogen) atoms. The Bertz CT molecular complexity index is 2180. The molecule has 0 heterocycles. The average molecular weight is 1130 g/mol. The van der Waals surface area contributed by atoms with Crippen LogP contribution >= 0.6 is 0 Å². The number of allylic oxidation sites excluding steroid dienone is 39. The van der Waals surface area contributed by atoms with Crippen molar-refractivity contribution in [2.45, 2.75) is 207 Å². The van der Waals surface area contributed by atoms with Gasteiger partial charge in [0.1, 0.15) is 13.2 Å². The van der Waals surface area contributed by atoms with Gasteiger partial charge in [0.2, 0.25) is 0 Å². The molecule has 0 aromatic rings. The molecule has 0 N–H and O–H groups in total. The number of carbonyl (C=O) groups is 3. The van der Waals surface area contributed by atoms with Gasteiger partial charge in [-0.15, -0.1) is 0 Å². The van der Waals surface area contributed by atoms with Crippen LogP contribution < -0.4 is 0 Å². The first kappa shape index (κ1) is 76.2. The van der Waals surface area contributed by atoms with Crippen molar-refractivity contribution in [3.63, 3.8) is 0 Å². The van der Waals surface area contributed by atoms with Gasteiger partial charge < -0.3 is 14.2 Å². The van der Waals surface area contributed by atoms with E-state index >= 15 is 0 Å². The predicted molar refractivity (Wildman–Crippen MR) is 361 cm³/mol. The van der Waals surface area contributed by atoms with Crippen LogP contribution in [0.2, 0.25) is 0 Å². The summed E-state index contributed by atoms with van der Waals surface area (Å²) in [6.45, 7) is 6.09. The molecule has 0 bridgehead atoms. The molecular weight excluding hydrogens is 1020 g/mol. The highest BCUT2D eigenvalue weighted by Gasteiger charge is 2.19. The molecule has 0 aliphatic carbocycles. The minimum absolute atomic E-state index is 0.0923. The second kappa shape index (κ2) is 67.7. The predicted octanol–water partition coefficient (Wildman–Crippen LogP) is 22.1. The second-order valence-electron chi connectivity index (χ2n) is 19.5. The smallest absolute Gasteiger partial charge is 0.309 e. The highest BCUT2D eigenvalue weighted by Crippen LogP contribution is 2.09. The largest absolute Gasteiger partial charge is 0.462 e. The van der Waals surface area contributed by atoms with Crippen molar-refractivity contribution >= 4 is 17.9 Å². The normalized spacial score (nSPS) is 13.8. The standard InChI is InChI=1S/C77H110O6/c1-4-7-10-13-16-19-22-25-28-30-31-32-33-34-35-36-37-38-39-40-41-42-43-44-45-47-49-52-55-58-61-64-67-70-76(79)82-73-74(72-81-75(78)69-66-63-60-57-54-51-48-27-24-21-18-15-12-9-6-3)83-77(80)71-68-65-62-59-56-53-50-46-29-26-23-20-17-14-11-8-5-2/h7-12,16-21,25-29,31-32,34-35,37-38,40-41,43-44,47-50,53-55,57-59,62-63,66,74H,4-6,13-15,22-24,30,33,36,39,42,45-46,51-52,56,60-61,64-65,67-73H2,1-3H3/b10-7-,11-8-,12-9-,19-16-,20-17-,21-18-,28-25-,29-26-,32-31-,35-34-,38-37-,41-40-,44-43-,48-27-,49-47-,53-50-,57-54-,58-55-,62-59-,66-63-. The van der Waals surface area contributed by atoms with Crippen molar-refractivity contribution in [2.75, 3.05) is 13.2 Å². The summed E-state index contributed by atoms with van der Waals surface area (Å²) in [5.41, 5.74) is 0. The van der Waals surface area contributed by atoms with Crippen LogP contribution in [-0.2, 0) is 28.6 Å². The summed E-state index contributed by atoms with van der Waals surface area (Å²) in [5.74, 6) is -1.22. The van der Waals surface area contributed by atoms with Crippen molar-refractivity contribution < 1.29 is 28.6 Å². The van der Waals surface area contributed by atoms with Crippen molar-refractivity contribution in [1.29, 1.82) is 0 Å². The van der Waals surface area contributed by atoms with E-state index in [1.54, 1.807) is 6.08 Å². The van der Waals surface area contributed by atoms with E-state index in [9.17, 15) is 14.4 Å². The van der Waals surface area contributed by atoms with E-state index in [1.165, 1.54) is 0 Å². The van der Waals surface area contributed by atoms with Gasteiger partial charge in [-0.25, -0.2) is 0 Å². The molecule has 0 saturated carbocycles. The Morgan fingerprint density at radius 1 is 0.253 bits per heavy atom. The molecule has 0 aromatic carbocycles. The Hall–Kier alpha value is -6.79. The van der Waals surface area contributed by atoms with Gasteiger partial charge in [0.05, 0.1) is 6.42 Å². The van der Waals surface area contributed by atoms with Gasteiger partial charge in [-0.3, -0.25) is 14.4 Å². The SMILES string of the molecule is CC/C=C\C/C=C\C/C=C\C/C=C\C/C=C\C/C=C\C/C=C\C/C=C\C/C=C\C/C=C\CCCCC(=O)OCC(COC(=O)C/C=C\C/C=C\C/C=C\C/C=C\C/C=C\CC)OC(=O)CCC/C=C\C/C=C\C/C=C\C/C=C\C/C=C\CC. The lowest BCUT2D eigenvalue weighted by molar-refractivity contribution is -0.166. The number of carbonyl (C=O) groups excluding carboxylic acids is 3. The second-order valence-corrected chi connectivity index (χ2v) is 19.5. The van der Waals surface area contributed by atoms with E-state index < -0.39 is 18.0 Å². The van der Waals surface area contributed by atoms with Gasteiger partial charge in [0.15, 0.2) is 6.10 Å². The fraction of sp³-hybridized carbons (Fsp3) is 0.442. The lowest BCUT2D eigenvalue weighted by Gasteiger charge is -2.18. The Labute approximate surface area is 507 Å². The quantitative estimate of drug-likeness (QED) is 0.0261. The molecule has 6 nitrogen and oxygen atoms in total. The Balaban J connectivity index is 4.58. The third kappa shape index (κ3) is 65.9. The van der Waals surface area contributed by atoms with Gasteiger partial charge in [0.25, 0.3) is 0 Å². The van der Waals surface area contributed by atoms with Crippen LogP contribution in [0.4, 0.5) is 0 Å². The summed E-state index contributed by atoms with van der Waals surface area (Å²) in [7, 11) is 0. The number of hydrogen-bond acceptors (Lipinski definition) is 6. The van der Waals surface area contributed by atoms with Crippen LogP contribution in [0.15, 0.2) is 243 Å². The minimum atomic E-state index is -0.884.